The molecule has 1 unspecified atom stereocenters. The molecule has 0 saturated carbocycles. The average molecular weight is 348 g/mol. The van der Waals surface area contributed by atoms with Crippen molar-refractivity contribution in [3.63, 3.8) is 0 Å². The van der Waals surface area contributed by atoms with Crippen LogP contribution < -0.4 is 5.32 Å². The first-order valence-electron chi connectivity index (χ1n) is 8.81. The molecule has 1 N–H and O–H groups in total. The summed E-state index contributed by atoms with van der Waals surface area (Å²) in [5.41, 5.74) is 3.43. The number of amides is 2. The van der Waals surface area contributed by atoms with Gasteiger partial charge in [-0.1, -0.05) is 54.6 Å². The molecule has 0 fully saturated rings. The maximum Gasteiger partial charge on any atom is 0.317 e. The Kier molecular flexibility index (Phi) is 5.74. The Balaban J connectivity index is 1.64. The zero-order valence-electron chi connectivity index (χ0n) is 15.2. The molecule has 0 aliphatic rings. The second-order valence-electron chi connectivity index (χ2n) is 6.51. The monoisotopic (exact) mass is 348 g/mol. The van der Waals surface area contributed by atoms with E-state index < -0.39 is 0 Å². The second kappa shape index (κ2) is 8.39. The lowest BCUT2D eigenvalue weighted by molar-refractivity contribution is 0.203. The van der Waals surface area contributed by atoms with Crippen LogP contribution >= 0.6 is 0 Å². The summed E-state index contributed by atoms with van der Waals surface area (Å²) in [5, 5.41) is 3.02. The highest BCUT2D eigenvalue weighted by atomic mass is 16.3. The van der Waals surface area contributed by atoms with E-state index in [0.29, 0.717) is 13.0 Å². The molecule has 2 amide bonds. The van der Waals surface area contributed by atoms with Crippen molar-refractivity contribution in [2.75, 3.05) is 7.05 Å². The molecule has 2 aromatic carbocycles. The molecule has 3 aromatic rings. The van der Waals surface area contributed by atoms with Crippen LogP contribution in [0.1, 0.15) is 18.2 Å². The van der Waals surface area contributed by atoms with Gasteiger partial charge in [0.1, 0.15) is 5.76 Å². The summed E-state index contributed by atoms with van der Waals surface area (Å²) in [6.07, 6.45) is 2.32. The summed E-state index contributed by atoms with van der Waals surface area (Å²) in [6, 6.07) is 22.1. The number of urea groups is 1. The molecule has 1 atom stereocenters. The van der Waals surface area contributed by atoms with Crippen molar-refractivity contribution in [1.29, 1.82) is 0 Å². The SMILES string of the molecule is CC(Cc1ccco1)NC(=O)N(C)Cc1ccccc1-c1ccccc1. The summed E-state index contributed by atoms with van der Waals surface area (Å²) in [6.45, 7) is 2.52. The molecule has 0 bridgehead atoms. The molecule has 4 nitrogen and oxygen atoms in total. The van der Waals surface area contributed by atoms with E-state index in [-0.39, 0.29) is 12.1 Å². The smallest absolute Gasteiger partial charge is 0.317 e. The van der Waals surface area contributed by atoms with Crippen LogP contribution in [0.25, 0.3) is 11.1 Å². The summed E-state index contributed by atoms with van der Waals surface area (Å²) in [5.74, 6) is 0.870. The number of hydrogen-bond donors (Lipinski definition) is 1. The minimum atomic E-state index is -0.0908. The maximum atomic E-state index is 12.5. The van der Waals surface area contributed by atoms with Gasteiger partial charge in [0.15, 0.2) is 0 Å². The van der Waals surface area contributed by atoms with E-state index in [1.54, 1.807) is 11.2 Å². The van der Waals surface area contributed by atoms with Crippen molar-refractivity contribution in [2.24, 2.45) is 0 Å². The Morgan fingerprint density at radius 3 is 2.50 bits per heavy atom. The summed E-state index contributed by atoms with van der Waals surface area (Å²) in [4.78, 5) is 14.2. The van der Waals surface area contributed by atoms with E-state index in [9.17, 15) is 4.79 Å². The lowest BCUT2D eigenvalue weighted by atomic mass is 9.99. The van der Waals surface area contributed by atoms with E-state index in [1.165, 1.54) is 0 Å². The van der Waals surface area contributed by atoms with Gasteiger partial charge in [0.05, 0.1) is 6.26 Å². The minimum absolute atomic E-state index is 0.000433. The average Bonchev–Trinajstić information content (AvgIpc) is 3.15. The quantitative estimate of drug-likeness (QED) is 0.700. The van der Waals surface area contributed by atoms with Crippen LogP contribution in [0.15, 0.2) is 77.4 Å². The summed E-state index contributed by atoms with van der Waals surface area (Å²) in [7, 11) is 1.82. The van der Waals surface area contributed by atoms with Gasteiger partial charge in [0.2, 0.25) is 0 Å². The van der Waals surface area contributed by atoms with Crippen molar-refractivity contribution in [3.8, 4) is 11.1 Å². The van der Waals surface area contributed by atoms with Gasteiger partial charge in [0, 0.05) is 26.1 Å². The first-order chi connectivity index (χ1) is 12.6. The fourth-order valence-corrected chi connectivity index (χ4v) is 2.99. The second-order valence-corrected chi connectivity index (χ2v) is 6.51. The van der Waals surface area contributed by atoms with Gasteiger partial charge >= 0.3 is 6.03 Å². The Bertz CT molecular complexity index is 828. The van der Waals surface area contributed by atoms with Gasteiger partial charge in [-0.15, -0.1) is 0 Å². The molecule has 4 heteroatoms. The molecule has 0 radical (unpaired) electrons. The standard InChI is InChI=1S/C22H24N2O2/c1-17(15-20-12-8-14-26-20)23-22(25)24(2)16-19-11-6-7-13-21(19)18-9-4-3-5-10-18/h3-14,17H,15-16H2,1-2H3,(H,23,25). The molecule has 3 rings (SSSR count). The molecule has 0 aliphatic heterocycles. The predicted octanol–water partition coefficient (Wildman–Crippen LogP) is 4.72. The summed E-state index contributed by atoms with van der Waals surface area (Å²) < 4.78 is 5.34. The third-order valence-electron chi connectivity index (χ3n) is 4.31. The Morgan fingerprint density at radius 2 is 1.77 bits per heavy atom. The number of furan rings is 1. The van der Waals surface area contributed by atoms with Crippen LogP contribution in [-0.4, -0.2) is 24.0 Å². The number of rotatable bonds is 6. The molecule has 26 heavy (non-hydrogen) atoms. The number of carbonyl (C=O) groups excluding carboxylic acids is 1. The number of hydrogen-bond acceptors (Lipinski definition) is 2. The fourth-order valence-electron chi connectivity index (χ4n) is 2.99. The van der Waals surface area contributed by atoms with E-state index in [2.05, 4.69) is 29.6 Å². The Labute approximate surface area is 154 Å². The van der Waals surface area contributed by atoms with Gasteiger partial charge in [-0.3, -0.25) is 0 Å². The fraction of sp³-hybridized carbons (Fsp3) is 0.227. The van der Waals surface area contributed by atoms with Crippen LogP contribution in [0.5, 0.6) is 0 Å². The van der Waals surface area contributed by atoms with E-state index in [0.717, 1.165) is 22.5 Å². The van der Waals surface area contributed by atoms with Crippen LogP contribution in [0.3, 0.4) is 0 Å². The van der Waals surface area contributed by atoms with Crippen LogP contribution in [0, 0.1) is 0 Å². The van der Waals surface area contributed by atoms with Crippen molar-refractivity contribution < 1.29 is 9.21 Å². The number of carbonyl (C=O) groups is 1. The van der Waals surface area contributed by atoms with E-state index in [4.69, 9.17) is 4.42 Å². The number of nitrogens with zero attached hydrogens (tertiary/aromatic N) is 1. The van der Waals surface area contributed by atoms with Crippen molar-refractivity contribution in [3.05, 3.63) is 84.3 Å². The summed E-state index contributed by atoms with van der Waals surface area (Å²) >= 11 is 0. The first-order valence-corrected chi connectivity index (χ1v) is 8.81. The van der Waals surface area contributed by atoms with Crippen LogP contribution in [-0.2, 0) is 13.0 Å². The van der Waals surface area contributed by atoms with Crippen LogP contribution in [0.2, 0.25) is 0 Å². The van der Waals surface area contributed by atoms with Crippen molar-refractivity contribution in [2.45, 2.75) is 25.9 Å². The van der Waals surface area contributed by atoms with E-state index >= 15 is 0 Å². The predicted molar refractivity (Wildman–Crippen MR) is 104 cm³/mol. The third-order valence-corrected chi connectivity index (χ3v) is 4.31. The molecule has 0 spiro atoms. The number of benzene rings is 2. The van der Waals surface area contributed by atoms with Gasteiger partial charge in [0.25, 0.3) is 0 Å². The molecule has 1 heterocycles. The van der Waals surface area contributed by atoms with Gasteiger partial charge in [-0.05, 0) is 35.7 Å². The highest BCUT2D eigenvalue weighted by Crippen LogP contribution is 2.24. The maximum absolute atomic E-state index is 12.5. The Hall–Kier alpha value is -3.01. The topological polar surface area (TPSA) is 45.5 Å². The van der Waals surface area contributed by atoms with Gasteiger partial charge in [-0.25, -0.2) is 4.79 Å². The highest BCUT2D eigenvalue weighted by molar-refractivity contribution is 5.75. The lowest BCUT2D eigenvalue weighted by Crippen LogP contribution is -2.42. The lowest BCUT2D eigenvalue weighted by Gasteiger charge is -2.22. The van der Waals surface area contributed by atoms with E-state index in [1.807, 2.05) is 56.4 Å². The molecule has 0 aliphatic carbocycles. The van der Waals surface area contributed by atoms with Crippen molar-refractivity contribution >= 4 is 6.03 Å². The normalized spacial score (nSPS) is 11.8. The largest absolute Gasteiger partial charge is 0.469 e. The van der Waals surface area contributed by atoms with Crippen molar-refractivity contribution in [1.82, 2.24) is 10.2 Å². The Morgan fingerprint density at radius 1 is 1.04 bits per heavy atom. The highest BCUT2D eigenvalue weighted by Gasteiger charge is 2.15. The van der Waals surface area contributed by atoms with Crippen LogP contribution in [0.4, 0.5) is 4.79 Å². The number of nitrogens with one attached hydrogen (secondary N) is 1. The zero-order valence-corrected chi connectivity index (χ0v) is 15.2. The molecular formula is C22H24N2O2. The molecular weight excluding hydrogens is 324 g/mol. The molecule has 1 aromatic heterocycles. The first kappa shape index (κ1) is 17.8. The van der Waals surface area contributed by atoms with Gasteiger partial charge < -0.3 is 14.6 Å². The third kappa shape index (κ3) is 4.54. The zero-order chi connectivity index (χ0) is 18.4. The minimum Gasteiger partial charge on any atom is -0.469 e. The molecule has 0 saturated heterocycles. The van der Waals surface area contributed by atoms with Gasteiger partial charge in [-0.2, -0.15) is 0 Å². The molecule has 134 valence electrons.